The van der Waals surface area contributed by atoms with Gasteiger partial charge in [0.25, 0.3) is 0 Å². The van der Waals surface area contributed by atoms with E-state index in [1.54, 1.807) is 4.90 Å². The van der Waals surface area contributed by atoms with Crippen molar-refractivity contribution in [2.24, 2.45) is 0 Å². The second-order valence-electron chi connectivity index (χ2n) is 4.95. The van der Waals surface area contributed by atoms with Crippen LogP contribution in [0.4, 0.5) is 20.2 Å². The Morgan fingerprint density at radius 1 is 1.10 bits per heavy atom. The van der Waals surface area contributed by atoms with Crippen molar-refractivity contribution in [1.29, 1.82) is 0 Å². The SMILES string of the molecule is OCc1cc(F)c(N2CCCc3ccccc32)c(F)c1. The van der Waals surface area contributed by atoms with Gasteiger partial charge in [-0.05, 0) is 42.2 Å². The summed E-state index contributed by atoms with van der Waals surface area (Å²) in [5.74, 6) is -1.27. The molecule has 20 heavy (non-hydrogen) atoms. The van der Waals surface area contributed by atoms with Crippen LogP contribution in [0.25, 0.3) is 0 Å². The Labute approximate surface area is 116 Å². The summed E-state index contributed by atoms with van der Waals surface area (Å²) in [5, 5.41) is 9.00. The van der Waals surface area contributed by atoms with Crippen LogP contribution in [0.1, 0.15) is 17.5 Å². The van der Waals surface area contributed by atoms with E-state index in [0.29, 0.717) is 6.54 Å². The first-order chi connectivity index (χ1) is 9.70. The van der Waals surface area contributed by atoms with Crippen LogP contribution in [0.2, 0.25) is 0 Å². The van der Waals surface area contributed by atoms with Gasteiger partial charge < -0.3 is 10.0 Å². The number of aliphatic hydroxyl groups is 1. The molecule has 1 heterocycles. The van der Waals surface area contributed by atoms with E-state index >= 15 is 0 Å². The van der Waals surface area contributed by atoms with Crippen LogP contribution < -0.4 is 4.90 Å². The molecule has 1 aliphatic heterocycles. The molecule has 2 nitrogen and oxygen atoms in total. The minimum absolute atomic E-state index is 0.0330. The van der Waals surface area contributed by atoms with Crippen molar-refractivity contribution in [3.8, 4) is 0 Å². The number of anilines is 2. The lowest BCUT2D eigenvalue weighted by Crippen LogP contribution is -2.26. The Kier molecular flexibility index (Phi) is 3.40. The molecule has 0 saturated heterocycles. The van der Waals surface area contributed by atoms with Crippen LogP contribution in [0.5, 0.6) is 0 Å². The molecule has 0 aromatic heterocycles. The fourth-order valence-electron chi connectivity index (χ4n) is 2.73. The number of aryl methyl sites for hydroxylation is 1. The largest absolute Gasteiger partial charge is 0.392 e. The van der Waals surface area contributed by atoms with Crippen molar-refractivity contribution in [3.05, 3.63) is 59.2 Å². The average molecular weight is 275 g/mol. The normalized spacial score (nSPS) is 14.2. The zero-order chi connectivity index (χ0) is 14.1. The maximum atomic E-state index is 14.2. The minimum atomic E-state index is -0.634. The summed E-state index contributed by atoms with van der Waals surface area (Å²) >= 11 is 0. The van der Waals surface area contributed by atoms with Gasteiger partial charge in [0.15, 0.2) is 0 Å². The van der Waals surface area contributed by atoms with Gasteiger partial charge in [-0.25, -0.2) is 8.78 Å². The van der Waals surface area contributed by atoms with Crippen LogP contribution in [0.15, 0.2) is 36.4 Å². The zero-order valence-corrected chi connectivity index (χ0v) is 10.9. The Hall–Kier alpha value is -1.94. The fraction of sp³-hybridized carbons (Fsp3) is 0.250. The zero-order valence-electron chi connectivity index (χ0n) is 10.9. The number of nitrogens with zero attached hydrogens (tertiary/aromatic N) is 1. The van der Waals surface area contributed by atoms with Gasteiger partial charge in [0.05, 0.1) is 6.61 Å². The van der Waals surface area contributed by atoms with E-state index < -0.39 is 11.6 Å². The lowest BCUT2D eigenvalue weighted by molar-refractivity contribution is 0.280. The first-order valence-corrected chi connectivity index (χ1v) is 6.65. The Morgan fingerprint density at radius 3 is 2.50 bits per heavy atom. The van der Waals surface area contributed by atoms with Gasteiger partial charge >= 0.3 is 0 Å². The number of rotatable bonds is 2. The van der Waals surface area contributed by atoms with Gasteiger partial charge in [0.2, 0.25) is 0 Å². The third-order valence-electron chi connectivity index (χ3n) is 3.64. The number of hydrogen-bond donors (Lipinski definition) is 1. The number of aliphatic hydroxyl groups excluding tert-OH is 1. The number of fused-ring (bicyclic) bond motifs is 1. The molecule has 0 amide bonds. The second kappa shape index (κ2) is 5.21. The Bertz CT molecular complexity index is 619. The molecule has 1 aliphatic rings. The molecular formula is C16H15F2NO. The molecule has 104 valence electrons. The van der Waals surface area contributed by atoms with Crippen LogP contribution in [0.3, 0.4) is 0 Å². The fourth-order valence-corrected chi connectivity index (χ4v) is 2.73. The molecule has 0 radical (unpaired) electrons. The van der Waals surface area contributed by atoms with E-state index in [-0.39, 0.29) is 17.9 Å². The highest BCUT2D eigenvalue weighted by Crippen LogP contribution is 2.36. The molecule has 2 aromatic rings. The smallest absolute Gasteiger partial charge is 0.150 e. The minimum Gasteiger partial charge on any atom is -0.392 e. The summed E-state index contributed by atoms with van der Waals surface area (Å²) in [7, 11) is 0. The molecule has 0 fully saturated rings. The monoisotopic (exact) mass is 275 g/mol. The first-order valence-electron chi connectivity index (χ1n) is 6.65. The summed E-state index contributed by atoms with van der Waals surface area (Å²) in [6, 6.07) is 10.1. The third kappa shape index (κ3) is 2.16. The average Bonchev–Trinajstić information content (AvgIpc) is 2.46. The van der Waals surface area contributed by atoms with Gasteiger partial charge in [-0.15, -0.1) is 0 Å². The van der Waals surface area contributed by atoms with Gasteiger partial charge in [-0.2, -0.15) is 0 Å². The summed E-state index contributed by atoms with van der Waals surface area (Å²) < 4.78 is 28.4. The number of halogens is 2. The van der Waals surface area contributed by atoms with Crippen LogP contribution in [-0.2, 0) is 13.0 Å². The van der Waals surface area contributed by atoms with Crippen molar-refractivity contribution < 1.29 is 13.9 Å². The standard InChI is InChI=1S/C16H15F2NO/c17-13-8-11(10-20)9-14(18)16(13)19-7-3-5-12-4-1-2-6-15(12)19/h1-2,4,6,8-9,20H,3,5,7,10H2. The molecule has 0 bridgehead atoms. The van der Waals surface area contributed by atoms with Gasteiger partial charge in [-0.3, -0.25) is 0 Å². The predicted molar refractivity (Wildman–Crippen MR) is 74.0 cm³/mol. The van der Waals surface area contributed by atoms with E-state index in [2.05, 4.69) is 0 Å². The highest BCUT2D eigenvalue weighted by atomic mass is 19.1. The summed E-state index contributed by atoms with van der Waals surface area (Å²) in [6.07, 6.45) is 1.78. The first kappa shape index (κ1) is 13.1. The van der Waals surface area contributed by atoms with Crippen molar-refractivity contribution in [2.45, 2.75) is 19.4 Å². The third-order valence-corrected chi connectivity index (χ3v) is 3.64. The molecule has 3 rings (SSSR count). The highest BCUT2D eigenvalue weighted by Gasteiger charge is 2.23. The number of para-hydroxylation sites is 1. The quantitative estimate of drug-likeness (QED) is 0.906. The van der Waals surface area contributed by atoms with Crippen LogP contribution in [0, 0.1) is 11.6 Å². The van der Waals surface area contributed by atoms with Crippen molar-refractivity contribution in [1.82, 2.24) is 0 Å². The van der Waals surface area contributed by atoms with E-state index in [9.17, 15) is 8.78 Å². The molecule has 0 saturated carbocycles. The Balaban J connectivity index is 2.11. The molecule has 0 spiro atoms. The van der Waals surface area contributed by atoms with E-state index in [1.165, 1.54) is 12.1 Å². The molecule has 0 atom stereocenters. The Morgan fingerprint density at radius 2 is 1.80 bits per heavy atom. The lowest BCUT2D eigenvalue weighted by Gasteiger charge is -2.31. The second-order valence-corrected chi connectivity index (χ2v) is 4.95. The summed E-state index contributed by atoms with van der Waals surface area (Å²) in [5.41, 5.74) is 2.17. The molecule has 4 heteroatoms. The van der Waals surface area contributed by atoms with Crippen molar-refractivity contribution in [3.63, 3.8) is 0 Å². The van der Waals surface area contributed by atoms with Crippen LogP contribution >= 0.6 is 0 Å². The van der Waals surface area contributed by atoms with E-state index in [0.717, 1.165) is 24.1 Å². The van der Waals surface area contributed by atoms with E-state index in [4.69, 9.17) is 5.11 Å². The molecule has 1 N–H and O–H groups in total. The topological polar surface area (TPSA) is 23.5 Å². The van der Waals surface area contributed by atoms with Crippen molar-refractivity contribution in [2.75, 3.05) is 11.4 Å². The van der Waals surface area contributed by atoms with Crippen LogP contribution in [-0.4, -0.2) is 11.7 Å². The summed E-state index contributed by atoms with van der Waals surface area (Å²) in [6.45, 7) is 0.216. The van der Waals surface area contributed by atoms with Crippen molar-refractivity contribution >= 4 is 11.4 Å². The van der Waals surface area contributed by atoms with Gasteiger partial charge in [0, 0.05) is 12.2 Å². The van der Waals surface area contributed by atoms with Gasteiger partial charge in [0.1, 0.15) is 17.3 Å². The molecular weight excluding hydrogens is 260 g/mol. The highest BCUT2D eigenvalue weighted by molar-refractivity contribution is 5.69. The molecule has 0 unspecified atom stereocenters. The number of hydrogen-bond acceptors (Lipinski definition) is 2. The van der Waals surface area contributed by atoms with E-state index in [1.807, 2.05) is 24.3 Å². The maximum Gasteiger partial charge on any atom is 0.150 e. The molecule has 0 aliphatic carbocycles. The lowest BCUT2D eigenvalue weighted by atomic mass is 10.0. The number of benzene rings is 2. The predicted octanol–water partition coefficient (Wildman–Crippen LogP) is 3.54. The summed E-state index contributed by atoms with van der Waals surface area (Å²) in [4.78, 5) is 1.69. The molecule has 2 aromatic carbocycles. The van der Waals surface area contributed by atoms with Gasteiger partial charge in [-0.1, -0.05) is 18.2 Å². The maximum absolute atomic E-state index is 14.2.